The number of rotatable bonds is 12. The van der Waals surface area contributed by atoms with Crippen molar-refractivity contribution in [3.63, 3.8) is 0 Å². The first-order valence-corrected chi connectivity index (χ1v) is 38.3. The van der Waals surface area contributed by atoms with E-state index in [4.69, 9.17) is 22.6 Å². The smallest absolute Gasteiger partial charge is 0.167 e. The third-order valence-electron chi connectivity index (χ3n) is 21.0. The number of likely N-dealkylation sites (tertiary alicyclic amines) is 5. The van der Waals surface area contributed by atoms with Crippen molar-refractivity contribution in [3.05, 3.63) is 149 Å². The Kier molecular flexibility index (Phi) is 25.2. The zero-order valence-electron chi connectivity index (χ0n) is 63.8. The lowest BCUT2D eigenvalue weighted by atomic mass is 9.89. The molecule has 0 amide bonds. The van der Waals surface area contributed by atoms with E-state index in [-0.39, 0.29) is 5.82 Å². The molecule has 15 rings (SSSR count). The van der Waals surface area contributed by atoms with E-state index in [9.17, 15) is 4.39 Å². The fourth-order valence-electron chi connectivity index (χ4n) is 16.0. The molecule has 0 radical (unpaired) electrons. The van der Waals surface area contributed by atoms with Gasteiger partial charge in [-0.1, -0.05) is 158 Å². The quantitative estimate of drug-likeness (QED) is 0.114. The molecule has 5 saturated heterocycles. The largest absolute Gasteiger partial charge is 0.356 e. The van der Waals surface area contributed by atoms with Crippen LogP contribution in [0.1, 0.15) is 231 Å². The molecular weight excluding hydrogens is 1260 g/mol. The van der Waals surface area contributed by atoms with Crippen molar-refractivity contribution in [1.82, 2.24) is 50.3 Å². The highest BCUT2D eigenvalue weighted by Crippen LogP contribution is 2.39. The molecule has 5 aliphatic heterocycles. The predicted octanol–water partition coefficient (Wildman–Crippen LogP) is 20.5. The number of hydrogen-bond acceptors (Lipinski definition) is 15. The minimum Gasteiger partial charge on any atom is -0.356 e. The Bertz CT molecular complexity index is 4150. The molecule has 0 atom stereocenters. The highest BCUT2D eigenvalue weighted by molar-refractivity contribution is 5.83. The van der Waals surface area contributed by atoms with E-state index in [1.807, 2.05) is 36.4 Å². The number of aromatic nitrogens is 5. The van der Waals surface area contributed by atoms with Crippen LogP contribution in [0.25, 0.3) is 54.8 Å². The molecule has 15 nitrogen and oxygen atoms in total. The van der Waals surface area contributed by atoms with Gasteiger partial charge in [-0.25, -0.2) is 4.39 Å². The SMILES string of the molecule is CC(C)(C)CCN1CCC(c2noc3ccccc23)CC1.CC(C)(C)CN1CCC(c2noc3ccc(F)cc23)CC1.CC(C)(C)CN1CCC(c2noc3ccccc23)CC1.CCCN1CCC(c2noc3ccccc23)CC1.Cc1ccc2c(C3CCN(CC(C)(C)C)CC3)noc2c1. The van der Waals surface area contributed by atoms with Crippen molar-refractivity contribution in [2.45, 2.75) is 204 Å². The summed E-state index contributed by atoms with van der Waals surface area (Å²) in [6.45, 7) is 49.5. The third-order valence-corrected chi connectivity index (χ3v) is 21.0. The van der Waals surface area contributed by atoms with Crippen molar-refractivity contribution in [1.29, 1.82) is 0 Å². The van der Waals surface area contributed by atoms with Crippen LogP contribution in [0.15, 0.2) is 132 Å². The monoisotopic (exact) mass is 1380 g/mol. The molecule has 0 aliphatic carbocycles. The maximum absolute atomic E-state index is 13.4. The minimum absolute atomic E-state index is 0.225. The van der Waals surface area contributed by atoms with Crippen LogP contribution in [0.4, 0.5) is 4.39 Å². The van der Waals surface area contributed by atoms with E-state index in [0.29, 0.717) is 56.8 Å². The van der Waals surface area contributed by atoms with Crippen LogP contribution in [0, 0.1) is 34.4 Å². The number of piperidine rings is 5. The predicted molar refractivity (Wildman–Crippen MR) is 410 cm³/mol. The molecule has 0 N–H and O–H groups in total. The summed E-state index contributed by atoms with van der Waals surface area (Å²) in [7, 11) is 0. The average molecular weight is 1380 g/mol. The van der Waals surface area contributed by atoms with E-state index < -0.39 is 0 Å². The summed E-state index contributed by atoms with van der Waals surface area (Å²) in [6, 6.07) is 35.6. The highest BCUT2D eigenvalue weighted by atomic mass is 19.1. The summed E-state index contributed by atoms with van der Waals surface area (Å²) < 4.78 is 40.6. The zero-order valence-corrected chi connectivity index (χ0v) is 63.8. The molecule has 0 saturated carbocycles. The Morgan fingerprint density at radius 1 is 0.337 bits per heavy atom. The van der Waals surface area contributed by atoms with Gasteiger partial charge in [-0.05, 0) is 256 Å². The van der Waals surface area contributed by atoms with E-state index in [1.165, 1.54) is 193 Å². The van der Waals surface area contributed by atoms with Gasteiger partial charge in [-0.15, -0.1) is 0 Å². The summed E-state index contributed by atoms with van der Waals surface area (Å²) >= 11 is 0. The van der Waals surface area contributed by atoms with Crippen LogP contribution in [-0.4, -0.2) is 148 Å². The second-order valence-corrected chi connectivity index (χ2v) is 34.8. The number of para-hydroxylation sites is 3. The molecule has 0 spiro atoms. The number of fused-ring (bicyclic) bond motifs is 5. The first kappa shape index (κ1) is 75.3. The van der Waals surface area contributed by atoms with Crippen LogP contribution in [0.3, 0.4) is 0 Å². The Morgan fingerprint density at radius 3 is 0.970 bits per heavy atom. The van der Waals surface area contributed by atoms with Crippen molar-refractivity contribution >= 4 is 54.8 Å². The van der Waals surface area contributed by atoms with Gasteiger partial charge in [0.25, 0.3) is 0 Å². The van der Waals surface area contributed by atoms with Gasteiger partial charge >= 0.3 is 0 Å². The summed E-state index contributed by atoms with van der Waals surface area (Å²) in [5.41, 5.74) is 12.7. The second-order valence-electron chi connectivity index (χ2n) is 34.8. The number of hydrogen-bond donors (Lipinski definition) is 0. The van der Waals surface area contributed by atoms with Crippen molar-refractivity contribution < 1.29 is 27.0 Å². The van der Waals surface area contributed by atoms with Crippen LogP contribution in [-0.2, 0) is 0 Å². The first-order chi connectivity index (χ1) is 48.3. The molecule has 5 aromatic carbocycles. The molecule has 101 heavy (non-hydrogen) atoms. The Morgan fingerprint density at radius 2 is 0.634 bits per heavy atom. The van der Waals surface area contributed by atoms with Gasteiger partial charge in [0.15, 0.2) is 27.9 Å². The van der Waals surface area contributed by atoms with Gasteiger partial charge in [-0.3, -0.25) is 0 Å². The highest BCUT2D eigenvalue weighted by Gasteiger charge is 2.32. The number of halogens is 1. The first-order valence-electron chi connectivity index (χ1n) is 38.3. The van der Waals surface area contributed by atoms with E-state index in [1.54, 1.807) is 12.1 Å². The van der Waals surface area contributed by atoms with Gasteiger partial charge < -0.3 is 47.1 Å². The van der Waals surface area contributed by atoms with Gasteiger partial charge in [0.2, 0.25) is 0 Å². The van der Waals surface area contributed by atoms with Crippen LogP contribution in [0.2, 0.25) is 0 Å². The molecule has 546 valence electrons. The summed E-state index contributed by atoms with van der Waals surface area (Å²) in [4.78, 5) is 12.8. The molecule has 5 aromatic heterocycles. The molecule has 5 fully saturated rings. The maximum Gasteiger partial charge on any atom is 0.167 e. The molecule has 10 aromatic rings. The molecule has 0 unspecified atom stereocenters. The number of aryl methyl sites for hydroxylation is 1. The maximum atomic E-state index is 13.4. The zero-order chi connectivity index (χ0) is 71.5. The number of benzene rings is 5. The lowest BCUT2D eigenvalue weighted by Crippen LogP contribution is -2.38. The normalized spacial score (nSPS) is 18.5. The summed E-state index contributed by atoms with van der Waals surface area (Å²) in [5.74, 6) is 2.38. The molecule has 0 bridgehead atoms. The van der Waals surface area contributed by atoms with Crippen LogP contribution >= 0.6 is 0 Å². The Balaban J connectivity index is 0.000000127. The van der Waals surface area contributed by atoms with E-state index in [2.05, 4.69) is 202 Å². The molecular formula is C85H119FN10O5. The van der Waals surface area contributed by atoms with Gasteiger partial charge in [0.1, 0.15) is 5.82 Å². The minimum atomic E-state index is -0.225. The average Bonchev–Trinajstić information content (AvgIpc) is 1.74. The summed E-state index contributed by atoms with van der Waals surface area (Å²) in [5, 5.41) is 27.2. The van der Waals surface area contributed by atoms with Gasteiger partial charge in [-0.2, -0.15) is 0 Å². The lowest BCUT2D eigenvalue weighted by Gasteiger charge is -2.35. The standard InChI is InChI=1S/2C18H26N2O.C17H23FN2O.C17H24N2O.C15H20N2O/c1-13-5-6-15-16(11-13)21-19-17(15)14-7-9-20(10-8-14)12-18(2,3)4;1-18(2,3)10-13-20-11-8-14(9-12-20)17-15-6-4-5-7-16(15)21-19-17;1-17(2,3)11-20-8-6-12(7-9-20)16-14-10-13(18)4-5-15(14)21-19-16;1-17(2,3)12-19-10-8-13(9-11-19)16-14-6-4-5-7-15(14)20-18-16;1-2-9-17-10-7-12(8-11-17)15-13-5-3-4-6-14(13)18-16-15/h5-6,11,14H,7-10,12H2,1-4H3;4-7,14H,8-13H2,1-3H3;4-5,10,12H,6-9,11H2,1-3H3;4-7,13H,8-12H2,1-3H3;3-6,12H,2,7-11H2,1H3. The van der Waals surface area contributed by atoms with Crippen LogP contribution < -0.4 is 0 Å². The van der Waals surface area contributed by atoms with Gasteiger partial charge in [0.05, 0.1) is 28.5 Å². The fourth-order valence-corrected chi connectivity index (χ4v) is 16.0. The van der Waals surface area contributed by atoms with Crippen molar-refractivity contribution in [2.24, 2.45) is 21.7 Å². The third kappa shape index (κ3) is 21.2. The fraction of sp³-hybridized carbons (Fsp3) is 0.588. The van der Waals surface area contributed by atoms with E-state index >= 15 is 0 Å². The Labute approximate surface area is 601 Å². The Hall–Kier alpha value is -6.82. The molecule has 5 aliphatic rings. The van der Waals surface area contributed by atoms with Crippen molar-refractivity contribution in [3.8, 4) is 0 Å². The van der Waals surface area contributed by atoms with Crippen molar-refractivity contribution in [2.75, 3.05) is 98.2 Å². The second kappa shape index (κ2) is 33.7. The topological polar surface area (TPSA) is 146 Å². The molecule has 16 heteroatoms. The summed E-state index contributed by atoms with van der Waals surface area (Å²) in [6.07, 6.45) is 14.2. The van der Waals surface area contributed by atoms with E-state index in [0.717, 1.165) is 71.6 Å². The van der Waals surface area contributed by atoms with Crippen LogP contribution in [0.5, 0.6) is 0 Å². The lowest BCUT2D eigenvalue weighted by molar-refractivity contribution is 0.152. The molecule has 10 heterocycles. The van der Waals surface area contributed by atoms with Gasteiger partial charge in [0, 0.05) is 76.2 Å². The number of nitrogens with zero attached hydrogens (tertiary/aromatic N) is 10.